The lowest BCUT2D eigenvalue weighted by molar-refractivity contribution is -0.133. The predicted octanol–water partition coefficient (Wildman–Crippen LogP) is 3.70. The molecule has 1 saturated carbocycles. The molecule has 3 heterocycles. The number of pyridine rings is 1. The lowest BCUT2D eigenvalue weighted by Crippen LogP contribution is -2.62. The van der Waals surface area contributed by atoms with Crippen molar-refractivity contribution in [2.75, 3.05) is 0 Å². The van der Waals surface area contributed by atoms with E-state index in [-0.39, 0.29) is 41.4 Å². The molecule has 2 bridgehead atoms. The molecule has 2 saturated heterocycles. The van der Waals surface area contributed by atoms with Gasteiger partial charge in [-0.25, -0.2) is 0 Å². The first kappa shape index (κ1) is 19.3. The van der Waals surface area contributed by atoms with Gasteiger partial charge in [0.2, 0.25) is 5.91 Å². The Morgan fingerprint density at radius 1 is 1.03 bits per heavy atom. The molecule has 2 aromatic rings. The zero-order valence-corrected chi connectivity index (χ0v) is 17.7. The monoisotopic (exact) mass is 403 g/mol. The summed E-state index contributed by atoms with van der Waals surface area (Å²) < 4.78 is 0. The van der Waals surface area contributed by atoms with Crippen LogP contribution in [0.15, 0.2) is 54.7 Å². The molecule has 3 fully saturated rings. The van der Waals surface area contributed by atoms with Gasteiger partial charge in [0, 0.05) is 30.6 Å². The molecule has 1 aromatic heterocycles. The van der Waals surface area contributed by atoms with E-state index < -0.39 is 0 Å². The highest BCUT2D eigenvalue weighted by atomic mass is 16.2. The summed E-state index contributed by atoms with van der Waals surface area (Å²) in [4.78, 5) is 35.2. The highest BCUT2D eigenvalue weighted by Gasteiger charge is 2.64. The van der Waals surface area contributed by atoms with Crippen molar-refractivity contribution < 1.29 is 9.59 Å². The number of carbonyl (C=O) groups is 2. The van der Waals surface area contributed by atoms with E-state index in [2.05, 4.69) is 33.8 Å². The molecule has 2 aliphatic heterocycles. The van der Waals surface area contributed by atoms with Gasteiger partial charge < -0.3 is 9.80 Å². The summed E-state index contributed by atoms with van der Waals surface area (Å²) in [7, 11) is 0. The van der Waals surface area contributed by atoms with E-state index in [1.807, 2.05) is 36.4 Å². The maximum atomic E-state index is 13.8. The number of piperidine rings is 1. The summed E-state index contributed by atoms with van der Waals surface area (Å²) in [5.41, 5.74) is 1.65. The average molecular weight is 404 g/mol. The Bertz CT molecular complexity index is 947. The first-order valence-electron chi connectivity index (χ1n) is 11.1. The van der Waals surface area contributed by atoms with Crippen LogP contribution in [0, 0.1) is 5.41 Å². The zero-order chi connectivity index (χ0) is 20.9. The number of amides is 2. The number of aromatic nitrogens is 1. The number of fused-ring (bicyclic) bond motifs is 1. The van der Waals surface area contributed by atoms with E-state index in [4.69, 9.17) is 0 Å². The summed E-state index contributed by atoms with van der Waals surface area (Å²) >= 11 is 0. The quantitative estimate of drug-likeness (QED) is 0.785. The molecule has 5 rings (SSSR count). The number of carbonyl (C=O) groups excluding carboxylic acids is 2. The molecule has 0 radical (unpaired) electrons. The molecule has 156 valence electrons. The molecule has 2 amide bonds. The SMILES string of the molecule is CC(=O)N1[C@H]2CCC[C@H]3N(C(=O)c4ccccn4)[C@@H](Cc4ccccc4)[C@@H]1C[C@@]23C. The fourth-order valence-electron chi connectivity index (χ4n) is 6.55. The number of benzene rings is 1. The van der Waals surface area contributed by atoms with E-state index in [1.54, 1.807) is 13.1 Å². The number of hydrogen-bond acceptors (Lipinski definition) is 3. The van der Waals surface area contributed by atoms with Crippen molar-refractivity contribution in [3.8, 4) is 0 Å². The van der Waals surface area contributed by atoms with Crippen LogP contribution >= 0.6 is 0 Å². The van der Waals surface area contributed by atoms with Crippen LogP contribution in [0.4, 0.5) is 0 Å². The van der Waals surface area contributed by atoms with Gasteiger partial charge in [-0.05, 0) is 49.8 Å². The van der Waals surface area contributed by atoms with E-state index in [9.17, 15) is 9.59 Å². The molecule has 5 heteroatoms. The second-order valence-electron chi connectivity index (χ2n) is 9.35. The van der Waals surface area contributed by atoms with Gasteiger partial charge in [-0.2, -0.15) is 0 Å². The van der Waals surface area contributed by atoms with Crippen LogP contribution in [-0.4, -0.2) is 50.8 Å². The van der Waals surface area contributed by atoms with Crippen LogP contribution in [0.5, 0.6) is 0 Å². The normalized spacial score (nSPS) is 32.2. The molecule has 5 nitrogen and oxygen atoms in total. The van der Waals surface area contributed by atoms with Crippen molar-refractivity contribution in [1.82, 2.24) is 14.8 Å². The molecule has 3 aliphatic rings. The Hall–Kier alpha value is -2.69. The molecule has 0 spiro atoms. The molecular formula is C25H29N3O2. The van der Waals surface area contributed by atoms with Crippen molar-refractivity contribution in [2.45, 2.75) is 70.1 Å². The van der Waals surface area contributed by atoms with Gasteiger partial charge in [0.25, 0.3) is 5.91 Å². The van der Waals surface area contributed by atoms with Crippen molar-refractivity contribution in [2.24, 2.45) is 5.41 Å². The topological polar surface area (TPSA) is 53.5 Å². The third-order valence-electron chi connectivity index (χ3n) is 7.73. The van der Waals surface area contributed by atoms with Gasteiger partial charge >= 0.3 is 0 Å². The van der Waals surface area contributed by atoms with Gasteiger partial charge in [0.05, 0.1) is 12.1 Å². The summed E-state index contributed by atoms with van der Waals surface area (Å²) in [6.45, 7) is 3.99. The molecule has 1 aromatic carbocycles. The van der Waals surface area contributed by atoms with Gasteiger partial charge in [-0.1, -0.05) is 43.3 Å². The summed E-state index contributed by atoms with van der Waals surface area (Å²) in [5, 5.41) is 0. The van der Waals surface area contributed by atoms with E-state index in [0.29, 0.717) is 5.69 Å². The number of likely N-dealkylation sites (tertiary alicyclic amines) is 2. The maximum absolute atomic E-state index is 13.8. The standard InChI is InChI=1S/C25H29N3O2/c1-17(29)27-21-16-25(2)22(27)12-8-13-23(25)28(24(30)19-11-6-7-14-26-19)20(21)15-18-9-4-3-5-10-18/h3-7,9-11,14,20-23H,8,12-13,15-16H2,1-2H3/t20-,21-,22-,23+,25-/m0/s1. The lowest BCUT2D eigenvalue weighted by atomic mass is 9.64. The van der Waals surface area contributed by atoms with Crippen molar-refractivity contribution >= 4 is 11.8 Å². The molecular weight excluding hydrogens is 374 g/mol. The molecule has 0 unspecified atom stereocenters. The first-order valence-corrected chi connectivity index (χ1v) is 11.1. The number of nitrogens with zero attached hydrogens (tertiary/aromatic N) is 3. The summed E-state index contributed by atoms with van der Waals surface area (Å²) in [5.74, 6) is 0.142. The van der Waals surface area contributed by atoms with Crippen molar-refractivity contribution in [3.63, 3.8) is 0 Å². The van der Waals surface area contributed by atoms with Crippen molar-refractivity contribution in [3.05, 3.63) is 66.0 Å². The number of rotatable bonds is 3. The molecule has 30 heavy (non-hydrogen) atoms. The third-order valence-corrected chi connectivity index (χ3v) is 7.73. The minimum absolute atomic E-state index is 0.00325. The van der Waals surface area contributed by atoms with Gasteiger partial charge in [0.15, 0.2) is 0 Å². The van der Waals surface area contributed by atoms with Crippen LogP contribution in [0.25, 0.3) is 0 Å². The molecule has 0 N–H and O–H groups in total. The minimum Gasteiger partial charge on any atom is -0.334 e. The zero-order valence-electron chi connectivity index (χ0n) is 17.7. The summed E-state index contributed by atoms with van der Waals surface area (Å²) in [6, 6.07) is 16.3. The molecule has 5 atom stereocenters. The molecule has 1 aliphatic carbocycles. The van der Waals surface area contributed by atoms with E-state index in [1.165, 1.54) is 5.56 Å². The van der Waals surface area contributed by atoms with Crippen molar-refractivity contribution in [1.29, 1.82) is 0 Å². The second kappa shape index (κ2) is 7.22. The first-order chi connectivity index (χ1) is 14.5. The predicted molar refractivity (Wildman–Crippen MR) is 115 cm³/mol. The number of hydrogen-bond donors (Lipinski definition) is 0. The Morgan fingerprint density at radius 2 is 1.73 bits per heavy atom. The van der Waals surface area contributed by atoms with Gasteiger partial charge in [-0.3, -0.25) is 14.6 Å². The maximum Gasteiger partial charge on any atom is 0.273 e. The smallest absolute Gasteiger partial charge is 0.273 e. The fourth-order valence-corrected chi connectivity index (χ4v) is 6.55. The Kier molecular flexibility index (Phi) is 4.64. The summed E-state index contributed by atoms with van der Waals surface area (Å²) in [6.07, 6.45) is 6.50. The Balaban J connectivity index is 1.62. The minimum atomic E-state index is -0.0494. The van der Waals surface area contributed by atoms with Crippen LogP contribution in [0.1, 0.15) is 55.6 Å². The van der Waals surface area contributed by atoms with Crippen LogP contribution in [0.3, 0.4) is 0 Å². The van der Waals surface area contributed by atoms with Crippen LogP contribution in [0.2, 0.25) is 0 Å². The fraction of sp³-hybridized carbons (Fsp3) is 0.480. The largest absolute Gasteiger partial charge is 0.334 e. The third kappa shape index (κ3) is 2.86. The second-order valence-corrected chi connectivity index (χ2v) is 9.35. The average Bonchev–Trinajstić information content (AvgIpc) is 3.07. The highest BCUT2D eigenvalue weighted by molar-refractivity contribution is 5.93. The van der Waals surface area contributed by atoms with Crippen LogP contribution < -0.4 is 0 Å². The highest BCUT2D eigenvalue weighted by Crippen LogP contribution is 2.56. The van der Waals surface area contributed by atoms with Gasteiger partial charge in [0.1, 0.15) is 5.69 Å². The van der Waals surface area contributed by atoms with Crippen LogP contribution in [-0.2, 0) is 11.2 Å². The van der Waals surface area contributed by atoms with Gasteiger partial charge in [-0.15, -0.1) is 0 Å². The Labute approximate surface area is 178 Å². The lowest BCUT2D eigenvalue weighted by Gasteiger charge is -2.52. The van der Waals surface area contributed by atoms with E-state index in [0.717, 1.165) is 32.1 Å². The Morgan fingerprint density at radius 3 is 2.40 bits per heavy atom. The van der Waals surface area contributed by atoms with E-state index >= 15 is 0 Å².